The lowest BCUT2D eigenvalue weighted by atomic mass is 10.1. The van der Waals surface area contributed by atoms with Crippen molar-refractivity contribution in [2.24, 2.45) is 15.9 Å². The molecule has 7 heteroatoms. The summed E-state index contributed by atoms with van der Waals surface area (Å²) in [5, 5.41) is 14.4. The maximum Gasteiger partial charge on any atom is 0.168 e. The first-order valence-corrected chi connectivity index (χ1v) is 8.54. The highest BCUT2D eigenvalue weighted by molar-refractivity contribution is 5.95. The lowest BCUT2D eigenvalue weighted by Crippen LogP contribution is -2.42. The number of nitrogens with zero attached hydrogens (tertiary/aromatic N) is 4. The summed E-state index contributed by atoms with van der Waals surface area (Å²) in [6.07, 6.45) is 7.10. The molecule has 2 unspecified atom stereocenters. The smallest absolute Gasteiger partial charge is 0.168 e. The van der Waals surface area contributed by atoms with Crippen LogP contribution in [0.4, 0.5) is 0 Å². The Bertz CT molecular complexity index is 872. The first-order valence-electron chi connectivity index (χ1n) is 8.54. The zero-order valence-electron chi connectivity index (χ0n) is 14.5. The molecule has 0 spiro atoms. The van der Waals surface area contributed by atoms with Gasteiger partial charge in [0, 0.05) is 18.5 Å². The standard InChI is InChI=1S/C19H21N7/c1-13-4-2-3-5-15(13)11-22-24-18-10-16(20)19-23-17(12-26(19)25-18)14-6-8-21-9-7-14/h2-11,17,19,23H,12,20H2,1H3,(H,24,25)/b22-11+. The highest BCUT2D eigenvalue weighted by atomic mass is 15.6. The average Bonchev–Trinajstić information content (AvgIpc) is 3.09. The molecule has 0 bridgehead atoms. The Morgan fingerprint density at radius 2 is 2.08 bits per heavy atom. The van der Waals surface area contributed by atoms with E-state index in [1.165, 1.54) is 11.1 Å². The van der Waals surface area contributed by atoms with Crippen molar-refractivity contribution in [3.05, 3.63) is 77.3 Å². The van der Waals surface area contributed by atoms with Gasteiger partial charge in [-0.15, -0.1) is 0 Å². The summed E-state index contributed by atoms with van der Waals surface area (Å²) in [5.41, 5.74) is 13.3. The Balaban J connectivity index is 1.46. The number of amidine groups is 1. The molecule has 1 aromatic carbocycles. The largest absolute Gasteiger partial charge is 0.399 e. The summed E-state index contributed by atoms with van der Waals surface area (Å²) in [6, 6.07) is 12.2. The summed E-state index contributed by atoms with van der Waals surface area (Å²) in [5.74, 6) is 0.626. The van der Waals surface area contributed by atoms with Crippen LogP contribution in [0, 0.1) is 6.92 Å². The van der Waals surface area contributed by atoms with E-state index in [2.05, 4.69) is 38.9 Å². The Morgan fingerprint density at radius 3 is 2.88 bits per heavy atom. The van der Waals surface area contributed by atoms with Gasteiger partial charge in [-0.25, -0.2) is 0 Å². The van der Waals surface area contributed by atoms with Gasteiger partial charge in [-0.1, -0.05) is 24.3 Å². The summed E-state index contributed by atoms with van der Waals surface area (Å²) in [7, 11) is 0. The van der Waals surface area contributed by atoms with Crippen LogP contribution >= 0.6 is 0 Å². The molecule has 0 amide bonds. The van der Waals surface area contributed by atoms with Crippen LogP contribution in [0.1, 0.15) is 22.7 Å². The van der Waals surface area contributed by atoms with E-state index >= 15 is 0 Å². The minimum atomic E-state index is -0.0981. The molecule has 0 radical (unpaired) electrons. The first-order chi connectivity index (χ1) is 12.7. The number of aromatic nitrogens is 1. The molecule has 132 valence electrons. The van der Waals surface area contributed by atoms with Gasteiger partial charge in [0.2, 0.25) is 0 Å². The minimum absolute atomic E-state index is 0.0981. The molecule has 1 saturated heterocycles. The molecule has 2 atom stereocenters. The van der Waals surface area contributed by atoms with Crippen molar-refractivity contribution in [1.29, 1.82) is 0 Å². The molecule has 1 aromatic heterocycles. The van der Waals surface area contributed by atoms with Gasteiger partial charge in [0.1, 0.15) is 6.17 Å². The summed E-state index contributed by atoms with van der Waals surface area (Å²) in [6.45, 7) is 2.78. The van der Waals surface area contributed by atoms with E-state index in [1.54, 1.807) is 18.6 Å². The topological polar surface area (TPSA) is 90.9 Å². The van der Waals surface area contributed by atoms with Crippen LogP contribution in [0.3, 0.4) is 0 Å². The number of hydrogen-bond acceptors (Lipinski definition) is 7. The lowest BCUT2D eigenvalue weighted by molar-refractivity contribution is 0.276. The van der Waals surface area contributed by atoms with Crippen LogP contribution in [-0.2, 0) is 0 Å². The Labute approximate surface area is 152 Å². The number of nitrogens with one attached hydrogen (secondary N) is 2. The van der Waals surface area contributed by atoms with Crippen molar-refractivity contribution in [3.8, 4) is 0 Å². The quantitative estimate of drug-likeness (QED) is 0.578. The Morgan fingerprint density at radius 1 is 1.27 bits per heavy atom. The predicted octanol–water partition coefficient (Wildman–Crippen LogP) is 1.46. The van der Waals surface area contributed by atoms with E-state index < -0.39 is 0 Å². The predicted molar refractivity (Wildman–Crippen MR) is 102 cm³/mol. The molecule has 7 nitrogen and oxygen atoms in total. The molecule has 1 fully saturated rings. The third-order valence-electron chi connectivity index (χ3n) is 4.56. The van der Waals surface area contributed by atoms with E-state index in [0.29, 0.717) is 11.5 Å². The van der Waals surface area contributed by atoms with E-state index in [9.17, 15) is 0 Å². The van der Waals surface area contributed by atoms with Crippen molar-refractivity contribution >= 4 is 12.1 Å². The average molecular weight is 347 g/mol. The summed E-state index contributed by atoms with van der Waals surface area (Å²) < 4.78 is 0. The summed E-state index contributed by atoms with van der Waals surface area (Å²) in [4.78, 5) is 4.07. The molecular formula is C19H21N7. The van der Waals surface area contributed by atoms with E-state index in [1.807, 2.05) is 41.4 Å². The fraction of sp³-hybridized carbons (Fsp3) is 0.211. The van der Waals surface area contributed by atoms with Crippen molar-refractivity contribution in [3.63, 3.8) is 0 Å². The molecule has 2 aliphatic rings. The van der Waals surface area contributed by atoms with Crippen molar-refractivity contribution in [2.75, 3.05) is 6.54 Å². The molecule has 0 saturated carbocycles. The molecule has 4 N–H and O–H groups in total. The second-order valence-electron chi connectivity index (χ2n) is 6.38. The van der Waals surface area contributed by atoms with E-state index in [-0.39, 0.29) is 12.2 Å². The molecule has 2 aliphatic heterocycles. The van der Waals surface area contributed by atoms with Crippen molar-refractivity contribution < 1.29 is 0 Å². The van der Waals surface area contributed by atoms with Gasteiger partial charge in [-0.2, -0.15) is 10.2 Å². The fourth-order valence-corrected chi connectivity index (χ4v) is 3.14. The Hall–Kier alpha value is -3.19. The first kappa shape index (κ1) is 16.3. The number of hydrogen-bond donors (Lipinski definition) is 3. The molecular weight excluding hydrogens is 326 g/mol. The van der Waals surface area contributed by atoms with Crippen LogP contribution in [0.5, 0.6) is 0 Å². The number of pyridine rings is 1. The second-order valence-corrected chi connectivity index (χ2v) is 6.38. The maximum absolute atomic E-state index is 6.23. The molecule has 2 aromatic rings. The molecule has 0 aliphatic carbocycles. The molecule has 4 rings (SSSR count). The molecule has 3 heterocycles. The van der Waals surface area contributed by atoms with Crippen molar-refractivity contribution in [1.82, 2.24) is 20.7 Å². The zero-order chi connectivity index (χ0) is 17.9. The number of benzene rings is 1. The number of fused-ring (bicyclic) bond motifs is 1. The van der Waals surface area contributed by atoms with E-state index in [0.717, 1.165) is 12.1 Å². The van der Waals surface area contributed by atoms with E-state index in [4.69, 9.17) is 5.73 Å². The molecule has 26 heavy (non-hydrogen) atoms. The van der Waals surface area contributed by atoms with Gasteiger partial charge < -0.3 is 5.73 Å². The SMILES string of the molecule is Cc1ccccc1/C=N/NC1=NN2CC(c3ccncc3)NC2C(N)=C1. The van der Waals surface area contributed by atoms with Crippen molar-refractivity contribution in [2.45, 2.75) is 19.1 Å². The second kappa shape index (κ2) is 6.97. The van der Waals surface area contributed by atoms with Crippen LogP contribution in [0.15, 0.2) is 70.8 Å². The fourth-order valence-electron chi connectivity index (χ4n) is 3.14. The number of nitrogens with two attached hydrogens (primary N) is 1. The van der Waals surface area contributed by atoms with Gasteiger partial charge in [-0.3, -0.25) is 20.7 Å². The van der Waals surface area contributed by atoms with Gasteiger partial charge in [0.25, 0.3) is 0 Å². The third-order valence-corrected chi connectivity index (χ3v) is 4.56. The van der Waals surface area contributed by atoms with Crippen LogP contribution in [0.2, 0.25) is 0 Å². The number of hydrazone groups is 2. The third kappa shape index (κ3) is 3.29. The lowest BCUT2D eigenvalue weighted by Gasteiger charge is -2.25. The Kier molecular flexibility index (Phi) is 4.37. The number of aryl methyl sites for hydroxylation is 1. The summed E-state index contributed by atoms with van der Waals surface area (Å²) >= 11 is 0. The zero-order valence-corrected chi connectivity index (χ0v) is 14.5. The number of rotatable bonds is 3. The maximum atomic E-state index is 6.23. The van der Waals surface area contributed by atoms with Gasteiger partial charge >= 0.3 is 0 Å². The highest BCUT2D eigenvalue weighted by Crippen LogP contribution is 2.26. The van der Waals surface area contributed by atoms with Gasteiger partial charge in [0.05, 0.1) is 24.5 Å². The monoisotopic (exact) mass is 347 g/mol. The minimum Gasteiger partial charge on any atom is -0.399 e. The van der Waals surface area contributed by atoms with Gasteiger partial charge in [-0.05, 0) is 35.7 Å². The highest BCUT2D eigenvalue weighted by Gasteiger charge is 2.35. The van der Waals surface area contributed by atoms with Crippen LogP contribution in [-0.4, -0.2) is 34.8 Å². The van der Waals surface area contributed by atoms with Crippen LogP contribution in [0.25, 0.3) is 0 Å². The normalized spacial score (nSPS) is 22.1. The van der Waals surface area contributed by atoms with Gasteiger partial charge in [0.15, 0.2) is 5.84 Å². The van der Waals surface area contributed by atoms with Crippen LogP contribution < -0.4 is 16.5 Å².